The van der Waals surface area contributed by atoms with Crippen molar-refractivity contribution in [3.05, 3.63) is 11.8 Å². The van der Waals surface area contributed by atoms with Gasteiger partial charge in [-0.05, 0) is 228 Å². The van der Waals surface area contributed by atoms with Crippen LogP contribution in [0.2, 0.25) is 0 Å². The summed E-state index contributed by atoms with van der Waals surface area (Å²) >= 11 is 0. The van der Waals surface area contributed by atoms with E-state index in [-0.39, 0.29) is 65.4 Å². The van der Waals surface area contributed by atoms with Crippen LogP contribution < -0.4 is 0 Å². The molecule has 460 valence electrons. The number of esters is 1. The Balaban J connectivity index is 0.000000135. The second-order valence-corrected chi connectivity index (χ2v) is 26.8. The highest BCUT2D eigenvalue weighted by Crippen LogP contribution is 2.65. The molecule has 9 atom stereocenters. The summed E-state index contributed by atoms with van der Waals surface area (Å²) in [5.41, 5.74) is -1.29. The zero-order chi connectivity index (χ0) is 58.5. The van der Waals surface area contributed by atoms with Crippen LogP contribution >= 0.6 is 0 Å². The Morgan fingerprint density at radius 2 is 0.877 bits per heavy atom. The molecule has 0 aromatic carbocycles. The monoisotopic (exact) mass is 1170 g/mol. The van der Waals surface area contributed by atoms with Gasteiger partial charge in [0.05, 0.1) is 18.3 Å². The van der Waals surface area contributed by atoms with Gasteiger partial charge in [0.2, 0.25) is 11.6 Å². The Labute approximate surface area is 468 Å². The van der Waals surface area contributed by atoms with Crippen molar-refractivity contribution >= 4 is 23.3 Å². The molecule has 14 nitrogen and oxygen atoms in total. The van der Waals surface area contributed by atoms with Gasteiger partial charge in [0.1, 0.15) is 11.5 Å². The minimum atomic E-state index is -5.38. The third kappa shape index (κ3) is 14.2. The topological polar surface area (TPSA) is 194 Å². The molecule has 0 aromatic rings. The van der Waals surface area contributed by atoms with E-state index in [9.17, 15) is 69.6 Å². The Bertz CT molecular complexity index is 2200. The molecule has 15 aliphatic rings. The number of aliphatic hydroxyl groups excluding tert-OH is 1. The number of carbonyl (C=O) groups is 4. The van der Waals surface area contributed by atoms with Gasteiger partial charge in [-0.25, -0.2) is 4.79 Å². The van der Waals surface area contributed by atoms with Crippen LogP contribution in [0.5, 0.6) is 0 Å². The van der Waals surface area contributed by atoms with Gasteiger partial charge in [-0.2, -0.15) is 35.1 Å². The second-order valence-electron chi connectivity index (χ2n) is 26.8. The van der Waals surface area contributed by atoms with Gasteiger partial charge >= 0.3 is 24.2 Å². The molecule has 12 saturated carbocycles. The molecule has 3 heterocycles. The summed E-state index contributed by atoms with van der Waals surface area (Å²) < 4.78 is 135. The summed E-state index contributed by atoms with van der Waals surface area (Å²) in [6.07, 6.45) is 15.5. The lowest BCUT2D eigenvalue weighted by molar-refractivity contribution is -0.283. The van der Waals surface area contributed by atoms with Crippen LogP contribution in [0.4, 0.5) is 35.1 Å². The molecule has 9 unspecified atom stereocenters. The number of aliphatic hydroxyl groups is 3. The largest absolute Gasteiger partial charge is 0.512 e. The first-order chi connectivity index (χ1) is 38.0. The summed E-state index contributed by atoms with van der Waals surface area (Å²) in [5, 5.41) is 29.4. The van der Waals surface area contributed by atoms with Crippen molar-refractivity contribution in [1.82, 2.24) is 0 Å². The molecular weight excluding hydrogens is 1080 g/mol. The Morgan fingerprint density at radius 1 is 0.531 bits per heavy atom. The number of alkyl halides is 8. The molecule has 0 radical (unpaired) electrons. The quantitative estimate of drug-likeness (QED) is 0.0518. The first kappa shape index (κ1) is 62.7. The summed E-state index contributed by atoms with van der Waals surface area (Å²) in [6, 6.07) is 0. The van der Waals surface area contributed by atoms with Crippen LogP contribution in [0.1, 0.15) is 175 Å². The van der Waals surface area contributed by atoms with Crippen molar-refractivity contribution in [3.63, 3.8) is 0 Å². The van der Waals surface area contributed by atoms with E-state index in [1.807, 2.05) is 6.92 Å². The highest BCUT2D eigenvalue weighted by atomic mass is 19.4. The van der Waals surface area contributed by atoms with E-state index in [0.717, 1.165) is 109 Å². The maximum atomic E-state index is 14.4. The number of hydrogen-bond donors (Lipinski definition) is 3. The van der Waals surface area contributed by atoms with E-state index in [1.54, 1.807) is 0 Å². The number of halogens is 8. The van der Waals surface area contributed by atoms with E-state index in [1.165, 1.54) is 57.9 Å². The Kier molecular flexibility index (Phi) is 18.9. The molecule has 15 rings (SSSR count). The van der Waals surface area contributed by atoms with Gasteiger partial charge < -0.3 is 48.5 Å². The van der Waals surface area contributed by atoms with Crippen molar-refractivity contribution in [2.24, 2.45) is 69.5 Å². The third-order valence-corrected chi connectivity index (χ3v) is 20.5. The molecule has 12 aliphatic carbocycles. The first-order valence-electron chi connectivity index (χ1n) is 29.9. The highest BCUT2D eigenvalue weighted by molar-refractivity contribution is 5.92. The Hall–Kier alpha value is -2.86. The summed E-state index contributed by atoms with van der Waals surface area (Å²) in [6.45, 7) is 4.04. The zero-order valence-corrected chi connectivity index (χ0v) is 46.9. The van der Waals surface area contributed by atoms with Crippen LogP contribution in [0.25, 0.3) is 0 Å². The first-order valence-corrected chi connectivity index (χ1v) is 29.9. The standard InChI is InChI=1S/C19H28F2O5.C19H28O4.C17H26O3.C4H2F6O2/c1-17(23,24)19(20,21)16(22)18-8-11-6-12(9-18)15(13(7-11)10-18)26-14-4-2-3-5-25-14;1-12(20)6-16(21)19-9-13-7-14(10-19)18(15(8-13)11-19)23-17-4-2-3-5-22-17;1-11(18)17-8-12-6-13(9-17)16(14(7-12)10-17)20-15-4-2-3-5-19-15;5-3(6,7)1-12-2(11)4(8,9)10/h11-15,23-24H,2-10H2,1H3;6,13-15,17-18,21H,2-5,7-11H2,1H3;12-16H,2-10H2,1H3;1H2. The molecular formula is C59H84F8O14. The minimum Gasteiger partial charge on any atom is -0.512 e. The number of ketones is 3. The van der Waals surface area contributed by atoms with Crippen LogP contribution in [-0.4, -0.2) is 126 Å². The highest BCUT2D eigenvalue weighted by Gasteiger charge is 2.67. The summed E-state index contributed by atoms with van der Waals surface area (Å²) in [5.74, 6) is -6.87. The van der Waals surface area contributed by atoms with E-state index in [4.69, 9.17) is 28.4 Å². The summed E-state index contributed by atoms with van der Waals surface area (Å²) in [7, 11) is 0. The fraction of sp³-hybridized carbons (Fsp3) is 0.898. The molecule has 81 heavy (non-hydrogen) atoms. The number of rotatable bonds is 13. The molecule has 15 fully saturated rings. The molecule has 22 heteroatoms. The Morgan fingerprint density at radius 3 is 1.19 bits per heavy atom. The fourth-order valence-corrected chi connectivity index (χ4v) is 17.7. The predicted octanol–water partition coefficient (Wildman–Crippen LogP) is 11.4. The third-order valence-electron chi connectivity index (χ3n) is 20.5. The molecule has 0 amide bonds. The molecule has 12 bridgehead atoms. The number of carbonyl (C=O) groups excluding carboxylic acids is 4. The van der Waals surface area contributed by atoms with Crippen molar-refractivity contribution in [1.29, 1.82) is 0 Å². The molecule has 0 aromatic heterocycles. The average Bonchev–Trinajstić information content (AvgIpc) is 2.03. The number of allylic oxidation sites excluding steroid dienone is 2. The lowest BCUT2D eigenvalue weighted by atomic mass is 9.47. The van der Waals surface area contributed by atoms with Crippen LogP contribution in [0, 0.1) is 69.5 Å². The number of Topliss-reactive ketones (excluding diaryl/α,β-unsaturated/α-hetero) is 2. The molecule has 0 spiro atoms. The van der Waals surface area contributed by atoms with Crippen LogP contribution in [0.3, 0.4) is 0 Å². The number of hydrogen-bond acceptors (Lipinski definition) is 14. The van der Waals surface area contributed by atoms with Gasteiger partial charge in [0.25, 0.3) is 0 Å². The number of ether oxygens (including phenoxy) is 7. The maximum Gasteiger partial charge on any atom is 0.490 e. The van der Waals surface area contributed by atoms with Crippen molar-refractivity contribution in [2.45, 2.75) is 236 Å². The van der Waals surface area contributed by atoms with Gasteiger partial charge in [0, 0.05) is 42.1 Å². The van der Waals surface area contributed by atoms with Crippen molar-refractivity contribution < 1.29 is 103 Å². The fourth-order valence-electron chi connectivity index (χ4n) is 17.7. The van der Waals surface area contributed by atoms with Crippen molar-refractivity contribution in [2.75, 3.05) is 26.4 Å². The van der Waals surface area contributed by atoms with Crippen LogP contribution in [-0.2, 0) is 52.3 Å². The van der Waals surface area contributed by atoms with E-state index in [0.29, 0.717) is 80.0 Å². The van der Waals surface area contributed by atoms with Gasteiger partial charge in [-0.15, -0.1) is 0 Å². The van der Waals surface area contributed by atoms with E-state index >= 15 is 0 Å². The van der Waals surface area contributed by atoms with Crippen LogP contribution in [0.15, 0.2) is 11.8 Å². The predicted molar refractivity (Wildman–Crippen MR) is 271 cm³/mol. The van der Waals surface area contributed by atoms with Crippen molar-refractivity contribution in [3.8, 4) is 0 Å². The van der Waals surface area contributed by atoms with Gasteiger partial charge in [-0.1, -0.05) is 0 Å². The molecule has 3 saturated heterocycles. The van der Waals surface area contributed by atoms with E-state index in [2.05, 4.69) is 4.74 Å². The smallest absolute Gasteiger partial charge is 0.490 e. The summed E-state index contributed by atoms with van der Waals surface area (Å²) in [4.78, 5) is 45.9. The normalized spacial score (nSPS) is 41.2. The van der Waals surface area contributed by atoms with Gasteiger partial charge in [0.15, 0.2) is 31.3 Å². The zero-order valence-electron chi connectivity index (χ0n) is 46.9. The van der Waals surface area contributed by atoms with Gasteiger partial charge in [-0.3, -0.25) is 14.4 Å². The average molecular weight is 1170 g/mol. The van der Waals surface area contributed by atoms with E-state index < -0.39 is 47.8 Å². The minimum absolute atomic E-state index is 0.0176. The maximum absolute atomic E-state index is 14.4. The SMILES string of the molecule is CC(=O)C12CC3CC(C1)C(OC1CCCCO1)C(C3)C2.CC(=O)C=C(O)C12CC3CC(C1)C(OC1CCCCO1)C(C3)C2.CC(O)(O)C(F)(F)C(=O)C12CC3CC(C1)C(OC1CCCCO1)C(C3)C2.O=C(OCC(F)(F)F)C(F)(F)F. The lowest BCUT2D eigenvalue weighted by Gasteiger charge is -2.59. The molecule has 3 aliphatic heterocycles. The molecule has 3 N–H and O–H groups in total. The lowest BCUT2D eigenvalue weighted by Crippen LogP contribution is -2.63. The second kappa shape index (κ2) is 24.5.